The van der Waals surface area contributed by atoms with Crippen molar-refractivity contribution in [3.05, 3.63) is 23.3 Å². The first-order chi connectivity index (χ1) is 6.20. The lowest BCUT2D eigenvalue weighted by Gasteiger charge is -2.06. The van der Waals surface area contributed by atoms with Crippen LogP contribution in [0.3, 0.4) is 0 Å². The topological polar surface area (TPSA) is 24.7 Å². The van der Waals surface area contributed by atoms with Crippen molar-refractivity contribution in [1.82, 2.24) is 0 Å². The smallest absolute Gasteiger partial charge is 0.0913 e. The lowest BCUT2D eigenvalue weighted by Crippen LogP contribution is -1.80. The van der Waals surface area contributed by atoms with Crippen LogP contribution in [-0.4, -0.2) is 12.9 Å². The van der Waals surface area contributed by atoms with Crippen molar-refractivity contribution in [3.8, 4) is 0 Å². The Morgan fingerprint density at radius 1 is 1.15 bits per heavy atom. The Balaban J connectivity index is 3.42. The van der Waals surface area contributed by atoms with Crippen molar-refractivity contribution < 1.29 is 0 Å². The second-order valence-electron chi connectivity index (χ2n) is 2.94. The first-order valence-electron chi connectivity index (χ1n) is 4.26. The van der Waals surface area contributed by atoms with Gasteiger partial charge in [0, 0.05) is 6.21 Å². The molecule has 0 heterocycles. The van der Waals surface area contributed by atoms with Crippen LogP contribution >= 0.6 is 0 Å². The van der Waals surface area contributed by atoms with E-state index in [4.69, 9.17) is 0 Å². The zero-order valence-corrected chi connectivity index (χ0v) is 8.33. The summed E-state index contributed by atoms with van der Waals surface area (Å²) in [5, 5.41) is 0. The van der Waals surface area contributed by atoms with Crippen LogP contribution in [0.2, 0.25) is 0 Å². The second kappa shape index (κ2) is 3.99. The predicted molar refractivity (Wildman–Crippen MR) is 59.0 cm³/mol. The zero-order valence-electron chi connectivity index (χ0n) is 8.33. The number of hydrogen-bond donors (Lipinski definition) is 0. The lowest BCUT2D eigenvalue weighted by atomic mass is 10.1. The molecular weight excluding hydrogens is 160 g/mol. The van der Waals surface area contributed by atoms with Crippen molar-refractivity contribution in [2.75, 3.05) is 0 Å². The van der Waals surface area contributed by atoms with Crippen LogP contribution in [0, 0.1) is 13.8 Å². The van der Waals surface area contributed by atoms with Gasteiger partial charge in [0.05, 0.1) is 11.4 Å². The van der Waals surface area contributed by atoms with E-state index in [0.29, 0.717) is 0 Å². The highest BCUT2D eigenvalue weighted by atomic mass is 14.8. The molecule has 0 radical (unpaired) electrons. The van der Waals surface area contributed by atoms with E-state index in [-0.39, 0.29) is 0 Å². The summed E-state index contributed by atoms with van der Waals surface area (Å²) in [5.74, 6) is 0. The molecule has 0 unspecified atom stereocenters. The summed E-state index contributed by atoms with van der Waals surface area (Å²) in [5.41, 5.74) is 4.06. The maximum Gasteiger partial charge on any atom is 0.0913 e. The Bertz CT molecular complexity index is 351. The minimum atomic E-state index is 0.887. The minimum Gasteiger partial charge on any atom is -0.262 e. The molecule has 0 amide bonds. The molecule has 13 heavy (non-hydrogen) atoms. The molecule has 0 bridgehead atoms. The van der Waals surface area contributed by atoms with E-state index < -0.39 is 0 Å². The highest BCUT2D eigenvalue weighted by Crippen LogP contribution is 2.33. The molecule has 0 aromatic heterocycles. The molecule has 0 spiro atoms. The average Bonchev–Trinajstić information content (AvgIpc) is 2.12. The molecule has 68 valence electrons. The minimum absolute atomic E-state index is 0.887. The third-order valence-corrected chi connectivity index (χ3v) is 1.97. The van der Waals surface area contributed by atoms with Gasteiger partial charge in [0.2, 0.25) is 0 Å². The fourth-order valence-corrected chi connectivity index (χ4v) is 1.27. The molecule has 1 aromatic carbocycles. The summed E-state index contributed by atoms with van der Waals surface area (Å²) in [4.78, 5) is 8.26. The summed E-state index contributed by atoms with van der Waals surface area (Å²) in [6, 6.07) is 4.08. The van der Waals surface area contributed by atoms with E-state index in [1.54, 1.807) is 6.21 Å². The van der Waals surface area contributed by atoms with Crippen LogP contribution in [0.4, 0.5) is 11.4 Å². The van der Waals surface area contributed by atoms with Gasteiger partial charge in [0.1, 0.15) is 0 Å². The molecule has 0 N–H and O–H groups in total. The molecule has 0 aliphatic rings. The summed E-state index contributed by atoms with van der Waals surface area (Å²) < 4.78 is 0. The SMILES string of the molecule is C=Nc1c(C)ccc(C)c1N=CC. The van der Waals surface area contributed by atoms with Gasteiger partial charge in [-0.2, -0.15) is 0 Å². The molecule has 0 aliphatic carbocycles. The van der Waals surface area contributed by atoms with Gasteiger partial charge in [-0.15, -0.1) is 0 Å². The largest absolute Gasteiger partial charge is 0.262 e. The van der Waals surface area contributed by atoms with Crippen molar-refractivity contribution in [1.29, 1.82) is 0 Å². The Morgan fingerprint density at radius 3 is 2.15 bits per heavy atom. The zero-order chi connectivity index (χ0) is 9.84. The van der Waals surface area contributed by atoms with Gasteiger partial charge in [0.25, 0.3) is 0 Å². The highest BCUT2D eigenvalue weighted by Gasteiger charge is 2.04. The normalized spacial score (nSPS) is 10.7. The number of rotatable bonds is 2. The summed E-state index contributed by atoms with van der Waals surface area (Å²) in [6.45, 7) is 9.49. The molecule has 0 saturated heterocycles. The van der Waals surface area contributed by atoms with Crippen LogP contribution < -0.4 is 0 Å². The molecule has 1 aromatic rings. The van der Waals surface area contributed by atoms with Crippen molar-refractivity contribution in [2.24, 2.45) is 9.98 Å². The third-order valence-electron chi connectivity index (χ3n) is 1.97. The monoisotopic (exact) mass is 174 g/mol. The molecule has 1 rings (SSSR count). The summed E-state index contributed by atoms with van der Waals surface area (Å²) >= 11 is 0. The molecule has 0 atom stereocenters. The quantitative estimate of drug-likeness (QED) is 0.614. The first kappa shape index (κ1) is 9.65. The van der Waals surface area contributed by atoms with Crippen molar-refractivity contribution in [2.45, 2.75) is 20.8 Å². The van der Waals surface area contributed by atoms with Crippen LogP contribution in [0.5, 0.6) is 0 Å². The first-order valence-corrected chi connectivity index (χ1v) is 4.26. The fraction of sp³-hybridized carbons (Fsp3) is 0.273. The standard InChI is InChI=1S/C11H14N2/c1-5-13-11-9(3)7-6-8(2)10(11)12-4/h5-7H,4H2,1-3H3. The molecular formula is C11H14N2. The number of aliphatic imine (C=N–C) groups is 2. The van der Waals surface area contributed by atoms with E-state index in [0.717, 1.165) is 22.5 Å². The summed E-state index contributed by atoms with van der Waals surface area (Å²) in [7, 11) is 0. The van der Waals surface area contributed by atoms with Gasteiger partial charge >= 0.3 is 0 Å². The fourth-order valence-electron chi connectivity index (χ4n) is 1.27. The van der Waals surface area contributed by atoms with Crippen molar-refractivity contribution in [3.63, 3.8) is 0 Å². The molecule has 0 aliphatic heterocycles. The van der Waals surface area contributed by atoms with E-state index in [9.17, 15) is 0 Å². The molecule has 0 fully saturated rings. The third kappa shape index (κ3) is 1.83. The summed E-state index contributed by atoms with van der Waals surface area (Å²) in [6.07, 6.45) is 1.77. The Morgan fingerprint density at radius 2 is 1.69 bits per heavy atom. The number of nitrogens with zero attached hydrogens (tertiary/aromatic N) is 2. The van der Waals surface area contributed by atoms with E-state index in [1.165, 1.54) is 0 Å². The van der Waals surface area contributed by atoms with Gasteiger partial charge in [-0.1, -0.05) is 12.1 Å². The van der Waals surface area contributed by atoms with Crippen molar-refractivity contribution >= 4 is 24.3 Å². The van der Waals surface area contributed by atoms with Crippen LogP contribution in [0.1, 0.15) is 18.1 Å². The van der Waals surface area contributed by atoms with E-state index >= 15 is 0 Å². The van der Waals surface area contributed by atoms with Crippen LogP contribution in [-0.2, 0) is 0 Å². The number of aryl methyl sites for hydroxylation is 2. The highest BCUT2D eigenvalue weighted by molar-refractivity contribution is 5.75. The maximum atomic E-state index is 4.28. The van der Waals surface area contributed by atoms with Gasteiger partial charge in [0.15, 0.2) is 0 Å². The lowest BCUT2D eigenvalue weighted by molar-refractivity contribution is 1.32. The molecule has 2 heteroatoms. The number of hydrogen-bond acceptors (Lipinski definition) is 2. The van der Waals surface area contributed by atoms with Crippen LogP contribution in [0.25, 0.3) is 0 Å². The van der Waals surface area contributed by atoms with Gasteiger partial charge in [-0.05, 0) is 38.6 Å². The predicted octanol–water partition coefficient (Wildman–Crippen LogP) is 3.36. The van der Waals surface area contributed by atoms with Gasteiger partial charge < -0.3 is 0 Å². The number of benzene rings is 1. The Labute approximate surface area is 79.0 Å². The van der Waals surface area contributed by atoms with E-state index in [1.807, 2.05) is 32.9 Å². The van der Waals surface area contributed by atoms with Crippen LogP contribution in [0.15, 0.2) is 22.1 Å². The van der Waals surface area contributed by atoms with Gasteiger partial charge in [-0.25, -0.2) is 0 Å². The maximum absolute atomic E-state index is 4.28. The molecule has 2 nitrogen and oxygen atoms in total. The van der Waals surface area contributed by atoms with Gasteiger partial charge in [-0.3, -0.25) is 9.98 Å². The van der Waals surface area contributed by atoms with E-state index in [2.05, 4.69) is 16.7 Å². The molecule has 0 saturated carbocycles. The Kier molecular flexibility index (Phi) is 2.96. The second-order valence-corrected chi connectivity index (χ2v) is 2.94. The average molecular weight is 174 g/mol. The Hall–Kier alpha value is -1.44.